The Labute approximate surface area is 91.0 Å². The molecule has 0 rings (SSSR count). The van der Waals surface area contributed by atoms with Crippen molar-refractivity contribution in [3.8, 4) is 0 Å². The zero-order chi connectivity index (χ0) is 11.2. The molecule has 0 fully saturated rings. The van der Waals surface area contributed by atoms with E-state index in [4.69, 9.17) is 4.74 Å². The van der Waals surface area contributed by atoms with Gasteiger partial charge in [0.25, 0.3) is 0 Å². The molecule has 3 nitrogen and oxygen atoms in total. The van der Waals surface area contributed by atoms with Gasteiger partial charge in [0.05, 0.1) is 7.11 Å². The number of likely N-dealkylation sites (N-methyl/N-ethyl adjacent to an activating group) is 1. The minimum absolute atomic E-state index is 0.191. The average Bonchev–Trinajstić information content (AvgIpc) is 2.16. The molecule has 4 heteroatoms. The summed E-state index contributed by atoms with van der Waals surface area (Å²) >= 11 is 1.85. The summed E-state index contributed by atoms with van der Waals surface area (Å²) in [6.07, 6.45) is 0.786. The molecular weight excluding hydrogens is 198 g/mol. The molecule has 14 heavy (non-hydrogen) atoms. The van der Waals surface area contributed by atoms with E-state index in [0.29, 0.717) is 5.25 Å². The number of thioether (sulfide) groups is 1. The number of esters is 1. The lowest BCUT2D eigenvalue weighted by atomic mass is 9.96. The first-order valence-corrected chi connectivity index (χ1v) is 5.94. The van der Waals surface area contributed by atoms with E-state index in [1.807, 2.05) is 18.7 Å². The Morgan fingerprint density at radius 1 is 1.64 bits per heavy atom. The normalized spacial score (nSPS) is 17.2. The Kier molecular flexibility index (Phi) is 6.20. The van der Waals surface area contributed by atoms with Gasteiger partial charge in [0, 0.05) is 5.25 Å². The molecule has 0 aromatic carbocycles. The number of nitrogens with one attached hydrogen (secondary N) is 1. The SMILES string of the molecule is CCSC(C)CC(C)(NC)C(=O)OC. The van der Waals surface area contributed by atoms with Gasteiger partial charge in [0.2, 0.25) is 0 Å². The molecule has 1 N–H and O–H groups in total. The fourth-order valence-corrected chi connectivity index (χ4v) is 2.45. The lowest BCUT2D eigenvalue weighted by molar-refractivity contribution is -0.147. The van der Waals surface area contributed by atoms with Crippen LogP contribution in [0, 0.1) is 0 Å². The van der Waals surface area contributed by atoms with Crippen molar-refractivity contribution in [1.29, 1.82) is 0 Å². The van der Waals surface area contributed by atoms with E-state index in [9.17, 15) is 4.79 Å². The lowest BCUT2D eigenvalue weighted by Gasteiger charge is -2.28. The van der Waals surface area contributed by atoms with Crippen molar-refractivity contribution in [1.82, 2.24) is 5.32 Å². The largest absolute Gasteiger partial charge is 0.468 e. The van der Waals surface area contributed by atoms with Crippen LogP contribution in [0.1, 0.15) is 27.2 Å². The summed E-state index contributed by atoms with van der Waals surface area (Å²) in [5.41, 5.74) is -0.559. The van der Waals surface area contributed by atoms with Crippen LogP contribution < -0.4 is 5.32 Å². The highest BCUT2D eigenvalue weighted by Gasteiger charge is 2.33. The quantitative estimate of drug-likeness (QED) is 0.690. The number of carbonyl (C=O) groups excluding carboxylic acids is 1. The summed E-state index contributed by atoms with van der Waals surface area (Å²) in [6.45, 7) is 6.13. The van der Waals surface area contributed by atoms with Gasteiger partial charge in [-0.3, -0.25) is 4.79 Å². The van der Waals surface area contributed by atoms with Crippen LogP contribution in [-0.2, 0) is 9.53 Å². The molecule has 0 radical (unpaired) electrons. The van der Waals surface area contributed by atoms with Crippen molar-refractivity contribution in [3.05, 3.63) is 0 Å². The molecule has 0 aliphatic carbocycles. The Morgan fingerprint density at radius 3 is 2.57 bits per heavy atom. The number of ether oxygens (including phenoxy) is 1. The summed E-state index contributed by atoms with van der Waals surface area (Å²) < 4.78 is 4.77. The molecule has 2 atom stereocenters. The smallest absolute Gasteiger partial charge is 0.325 e. The van der Waals surface area contributed by atoms with Gasteiger partial charge < -0.3 is 10.1 Å². The second kappa shape index (κ2) is 6.30. The van der Waals surface area contributed by atoms with Crippen LogP contribution in [0.3, 0.4) is 0 Å². The van der Waals surface area contributed by atoms with Crippen molar-refractivity contribution >= 4 is 17.7 Å². The molecule has 0 aliphatic rings. The predicted octanol–water partition coefficient (Wildman–Crippen LogP) is 1.67. The molecular formula is C10H21NO2S. The van der Waals surface area contributed by atoms with Crippen LogP contribution in [0.15, 0.2) is 0 Å². The van der Waals surface area contributed by atoms with Crippen LogP contribution in [-0.4, -0.2) is 36.7 Å². The molecule has 84 valence electrons. The monoisotopic (exact) mass is 219 g/mol. The Bertz CT molecular complexity index is 187. The van der Waals surface area contributed by atoms with E-state index in [-0.39, 0.29) is 5.97 Å². The Morgan fingerprint density at radius 2 is 2.21 bits per heavy atom. The van der Waals surface area contributed by atoms with Crippen LogP contribution in [0.25, 0.3) is 0 Å². The molecule has 0 aromatic heterocycles. The molecule has 0 heterocycles. The van der Waals surface area contributed by atoms with E-state index in [0.717, 1.165) is 12.2 Å². The van der Waals surface area contributed by atoms with Gasteiger partial charge >= 0.3 is 5.97 Å². The zero-order valence-corrected chi connectivity index (χ0v) is 10.5. The second-order valence-corrected chi connectivity index (χ2v) is 5.26. The standard InChI is InChI=1S/C10H21NO2S/c1-6-14-8(2)7-10(3,11-4)9(12)13-5/h8,11H,6-7H2,1-5H3. The van der Waals surface area contributed by atoms with Crippen LogP contribution in [0.4, 0.5) is 0 Å². The summed E-state index contributed by atoms with van der Waals surface area (Å²) in [5, 5.41) is 3.49. The van der Waals surface area contributed by atoms with E-state index in [2.05, 4.69) is 19.2 Å². The number of hydrogen-bond donors (Lipinski definition) is 1. The van der Waals surface area contributed by atoms with E-state index < -0.39 is 5.54 Å². The summed E-state index contributed by atoms with van der Waals surface area (Å²) in [4.78, 5) is 11.5. The molecule has 0 aromatic rings. The third-order valence-electron chi connectivity index (χ3n) is 2.33. The van der Waals surface area contributed by atoms with E-state index >= 15 is 0 Å². The topological polar surface area (TPSA) is 38.3 Å². The fraction of sp³-hybridized carbons (Fsp3) is 0.900. The van der Waals surface area contributed by atoms with Gasteiger partial charge in [0.15, 0.2) is 0 Å². The van der Waals surface area contributed by atoms with Crippen LogP contribution >= 0.6 is 11.8 Å². The minimum Gasteiger partial charge on any atom is -0.468 e. The predicted molar refractivity (Wildman–Crippen MR) is 61.7 cm³/mol. The van der Waals surface area contributed by atoms with Crippen molar-refractivity contribution in [2.45, 2.75) is 38.0 Å². The van der Waals surface area contributed by atoms with Crippen LogP contribution in [0.5, 0.6) is 0 Å². The lowest BCUT2D eigenvalue weighted by Crippen LogP contribution is -2.49. The zero-order valence-electron chi connectivity index (χ0n) is 9.72. The molecule has 0 amide bonds. The Balaban J connectivity index is 4.31. The first kappa shape index (κ1) is 13.8. The van der Waals surface area contributed by atoms with Gasteiger partial charge in [-0.25, -0.2) is 0 Å². The third-order valence-corrected chi connectivity index (χ3v) is 3.40. The number of rotatable bonds is 6. The number of hydrogen-bond acceptors (Lipinski definition) is 4. The minimum atomic E-state index is -0.559. The van der Waals surface area contributed by atoms with Crippen molar-refractivity contribution < 1.29 is 9.53 Å². The average molecular weight is 219 g/mol. The molecule has 0 spiro atoms. The molecule has 2 unspecified atom stereocenters. The number of carbonyl (C=O) groups is 1. The van der Waals surface area contributed by atoms with Gasteiger partial charge in [-0.2, -0.15) is 11.8 Å². The maximum absolute atomic E-state index is 11.5. The molecule has 0 aliphatic heterocycles. The molecule has 0 bridgehead atoms. The van der Waals surface area contributed by atoms with Crippen molar-refractivity contribution in [2.75, 3.05) is 19.9 Å². The van der Waals surface area contributed by atoms with E-state index in [1.165, 1.54) is 7.11 Å². The maximum Gasteiger partial charge on any atom is 0.325 e. The van der Waals surface area contributed by atoms with E-state index in [1.54, 1.807) is 7.05 Å². The van der Waals surface area contributed by atoms with Crippen molar-refractivity contribution in [2.24, 2.45) is 0 Å². The van der Waals surface area contributed by atoms with Gasteiger partial charge in [-0.05, 0) is 26.1 Å². The van der Waals surface area contributed by atoms with Gasteiger partial charge in [0.1, 0.15) is 5.54 Å². The first-order valence-electron chi connectivity index (χ1n) is 4.89. The Hall–Kier alpha value is -0.220. The summed E-state index contributed by atoms with van der Waals surface area (Å²) in [5.74, 6) is 0.880. The highest BCUT2D eigenvalue weighted by molar-refractivity contribution is 7.99. The van der Waals surface area contributed by atoms with Crippen molar-refractivity contribution in [3.63, 3.8) is 0 Å². The molecule has 0 saturated heterocycles. The molecule has 0 saturated carbocycles. The summed E-state index contributed by atoms with van der Waals surface area (Å²) in [7, 11) is 3.22. The second-order valence-electron chi connectivity index (χ2n) is 3.54. The number of methoxy groups -OCH3 is 1. The highest BCUT2D eigenvalue weighted by Crippen LogP contribution is 2.22. The maximum atomic E-state index is 11.5. The third kappa shape index (κ3) is 3.88. The highest BCUT2D eigenvalue weighted by atomic mass is 32.2. The van der Waals surface area contributed by atoms with Gasteiger partial charge in [-0.1, -0.05) is 13.8 Å². The van der Waals surface area contributed by atoms with Gasteiger partial charge in [-0.15, -0.1) is 0 Å². The fourth-order valence-electron chi connectivity index (χ4n) is 1.43. The summed E-state index contributed by atoms with van der Waals surface area (Å²) in [6, 6.07) is 0. The first-order chi connectivity index (χ1) is 6.50. The van der Waals surface area contributed by atoms with Crippen LogP contribution in [0.2, 0.25) is 0 Å².